The fourth-order valence-corrected chi connectivity index (χ4v) is 3.74. The van der Waals surface area contributed by atoms with Crippen LogP contribution in [0.1, 0.15) is 24.1 Å². The quantitative estimate of drug-likeness (QED) is 0.538. The van der Waals surface area contributed by atoms with E-state index in [0.29, 0.717) is 26.2 Å². The average Bonchev–Trinajstić information content (AvgIpc) is 3.18. The van der Waals surface area contributed by atoms with Gasteiger partial charge in [0.05, 0.1) is 31.6 Å². The van der Waals surface area contributed by atoms with Crippen molar-refractivity contribution >= 4 is 5.69 Å². The number of hydrogen-bond acceptors (Lipinski definition) is 8. The SMILES string of the molecule is Cn1nccc1CN1C[C@@H](O)[C@@H](O)[C@@H]([C@H](O)CO)OCCCCOCc2ccccc21. The standard InChI is InChI=1S/C22H33N3O6/c1-24-17(8-9-23-24)12-25-13-19(27)21(29)22(20(28)14-26)31-11-5-4-10-30-15-16-6-2-3-7-18(16)25/h2-3,6-9,19-22,26-29H,4-5,10-15H2,1H3/t19-,20-,21-,22-/m1/s1. The molecule has 172 valence electrons. The number of β-amino-alcohol motifs (C(OH)–C–C–N with tert-alkyl or cyclic N) is 1. The molecular weight excluding hydrogens is 402 g/mol. The largest absolute Gasteiger partial charge is 0.394 e. The van der Waals surface area contributed by atoms with Gasteiger partial charge in [0.2, 0.25) is 0 Å². The molecule has 0 saturated carbocycles. The number of aliphatic hydroxyl groups is 4. The Bertz CT molecular complexity index is 801. The highest BCUT2D eigenvalue weighted by molar-refractivity contribution is 5.53. The van der Waals surface area contributed by atoms with Crippen LogP contribution in [0, 0.1) is 0 Å². The number of nitrogens with zero attached hydrogens (tertiary/aromatic N) is 3. The molecule has 1 aliphatic rings. The van der Waals surface area contributed by atoms with Crippen LogP contribution in [0.4, 0.5) is 5.69 Å². The van der Waals surface area contributed by atoms with Crippen molar-refractivity contribution in [3.05, 3.63) is 47.8 Å². The van der Waals surface area contributed by atoms with E-state index in [1.807, 2.05) is 42.3 Å². The number of benzene rings is 1. The zero-order valence-corrected chi connectivity index (χ0v) is 17.9. The van der Waals surface area contributed by atoms with Gasteiger partial charge in [-0.3, -0.25) is 4.68 Å². The van der Waals surface area contributed by atoms with Crippen LogP contribution in [0.15, 0.2) is 36.5 Å². The van der Waals surface area contributed by atoms with Crippen molar-refractivity contribution in [1.82, 2.24) is 9.78 Å². The van der Waals surface area contributed by atoms with E-state index in [4.69, 9.17) is 9.47 Å². The maximum atomic E-state index is 10.9. The maximum absolute atomic E-state index is 10.9. The normalized spacial score (nSPS) is 24.9. The van der Waals surface area contributed by atoms with Crippen LogP contribution in [-0.2, 0) is 29.7 Å². The van der Waals surface area contributed by atoms with Gasteiger partial charge in [0.1, 0.15) is 18.3 Å². The molecule has 0 saturated heterocycles. The van der Waals surface area contributed by atoms with Gasteiger partial charge in [-0.05, 0) is 25.0 Å². The number of hydrogen-bond donors (Lipinski definition) is 4. The summed E-state index contributed by atoms with van der Waals surface area (Å²) in [5, 5.41) is 45.4. The third-order valence-electron chi connectivity index (χ3n) is 5.56. The lowest BCUT2D eigenvalue weighted by atomic mass is 10.0. The molecule has 0 unspecified atom stereocenters. The average molecular weight is 436 g/mol. The zero-order valence-electron chi connectivity index (χ0n) is 17.9. The molecule has 0 fully saturated rings. The number of aromatic nitrogens is 2. The molecular formula is C22H33N3O6. The summed E-state index contributed by atoms with van der Waals surface area (Å²) in [4.78, 5) is 1.96. The third kappa shape index (κ3) is 6.25. The molecule has 0 spiro atoms. The van der Waals surface area contributed by atoms with E-state index in [1.165, 1.54) is 0 Å². The molecule has 9 nitrogen and oxygen atoms in total. The molecule has 0 radical (unpaired) electrons. The summed E-state index contributed by atoms with van der Waals surface area (Å²) in [6.07, 6.45) is -1.86. The number of para-hydroxylation sites is 1. The number of aryl methyl sites for hydroxylation is 1. The summed E-state index contributed by atoms with van der Waals surface area (Å²) >= 11 is 0. The van der Waals surface area contributed by atoms with E-state index in [0.717, 1.165) is 23.4 Å². The van der Waals surface area contributed by atoms with Crippen LogP contribution in [0.25, 0.3) is 0 Å². The number of aliphatic hydroxyl groups excluding tert-OH is 4. The van der Waals surface area contributed by atoms with Gasteiger partial charge in [-0.25, -0.2) is 0 Å². The van der Waals surface area contributed by atoms with Crippen LogP contribution in [0.5, 0.6) is 0 Å². The monoisotopic (exact) mass is 435 g/mol. The van der Waals surface area contributed by atoms with Gasteiger partial charge in [-0.1, -0.05) is 18.2 Å². The second-order valence-electron chi connectivity index (χ2n) is 7.86. The molecule has 1 aromatic heterocycles. The predicted molar refractivity (Wildman–Crippen MR) is 114 cm³/mol. The predicted octanol–water partition coefficient (Wildman–Crippen LogP) is 0.197. The summed E-state index contributed by atoms with van der Waals surface area (Å²) in [6.45, 7) is 1.23. The van der Waals surface area contributed by atoms with Crippen LogP contribution in [-0.4, -0.2) is 81.0 Å². The molecule has 31 heavy (non-hydrogen) atoms. The van der Waals surface area contributed by atoms with Crippen molar-refractivity contribution in [2.45, 2.75) is 50.4 Å². The van der Waals surface area contributed by atoms with E-state index in [9.17, 15) is 20.4 Å². The second-order valence-corrected chi connectivity index (χ2v) is 7.86. The summed E-state index contributed by atoms with van der Waals surface area (Å²) in [5.41, 5.74) is 2.79. The Morgan fingerprint density at radius 3 is 2.68 bits per heavy atom. The first-order valence-electron chi connectivity index (χ1n) is 10.7. The summed E-state index contributed by atoms with van der Waals surface area (Å²) in [7, 11) is 1.85. The topological polar surface area (TPSA) is 120 Å². The Hall–Kier alpha value is -2.01. The molecule has 1 aromatic carbocycles. The van der Waals surface area contributed by atoms with E-state index >= 15 is 0 Å². The number of anilines is 1. The molecule has 9 heteroatoms. The molecule has 1 aliphatic heterocycles. The Morgan fingerprint density at radius 1 is 1.16 bits per heavy atom. The van der Waals surface area contributed by atoms with Gasteiger partial charge < -0.3 is 34.8 Å². The Balaban J connectivity index is 1.91. The number of rotatable bonds is 4. The first-order chi connectivity index (χ1) is 15.0. The molecule has 3 rings (SSSR count). The first-order valence-corrected chi connectivity index (χ1v) is 10.7. The summed E-state index contributed by atoms with van der Waals surface area (Å²) in [5.74, 6) is 0. The molecule has 0 aliphatic carbocycles. The lowest BCUT2D eigenvalue weighted by Gasteiger charge is -2.34. The molecule has 0 bridgehead atoms. The lowest BCUT2D eigenvalue weighted by molar-refractivity contribution is -0.141. The smallest absolute Gasteiger partial charge is 0.114 e. The number of ether oxygens (including phenoxy) is 2. The van der Waals surface area contributed by atoms with Crippen LogP contribution < -0.4 is 4.90 Å². The fourth-order valence-electron chi connectivity index (χ4n) is 3.74. The van der Waals surface area contributed by atoms with E-state index in [2.05, 4.69) is 5.10 Å². The minimum Gasteiger partial charge on any atom is -0.394 e. The zero-order chi connectivity index (χ0) is 22.2. The molecule has 4 atom stereocenters. The maximum Gasteiger partial charge on any atom is 0.114 e. The van der Waals surface area contributed by atoms with Gasteiger partial charge in [-0.2, -0.15) is 5.10 Å². The van der Waals surface area contributed by atoms with Crippen molar-refractivity contribution < 1.29 is 29.9 Å². The second kappa shape index (κ2) is 11.6. The van der Waals surface area contributed by atoms with Gasteiger partial charge in [0.15, 0.2) is 0 Å². The molecule has 2 heterocycles. The van der Waals surface area contributed by atoms with Crippen LogP contribution >= 0.6 is 0 Å². The van der Waals surface area contributed by atoms with E-state index in [1.54, 1.807) is 10.9 Å². The van der Waals surface area contributed by atoms with Crippen molar-refractivity contribution in [2.75, 3.05) is 31.3 Å². The molecule has 2 aromatic rings. The highest BCUT2D eigenvalue weighted by Gasteiger charge is 2.34. The van der Waals surface area contributed by atoms with E-state index < -0.39 is 31.0 Å². The highest BCUT2D eigenvalue weighted by Crippen LogP contribution is 2.25. The van der Waals surface area contributed by atoms with Gasteiger partial charge in [0.25, 0.3) is 0 Å². The van der Waals surface area contributed by atoms with Gasteiger partial charge in [0, 0.05) is 44.3 Å². The molecule has 0 amide bonds. The van der Waals surface area contributed by atoms with Crippen LogP contribution in [0.3, 0.4) is 0 Å². The van der Waals surface area contributed by atoms with E-state index in [-0.39, 0.29) is 13.2 Å². The lowest BCUT2D eigenvalue weighted by Crippen LogP contribution is -2.51. The van der Waals surface area contributed by atoms with Gasteiger partial charge >= 0.3 is 0 Å². The summed E-state index contributed by atoms with van der Waals surface area (Å²) in [6, 6.07) is 9.70. The Morgan fingerprint density at radius 2 is 1.94 bits per heavy atom. The third-order valence-corrected chi connectivity index (χ3v) is 5.56. The Labute approximate surface area is 182 Å². The molecule has 4 N–H and O–H groups in total. The van der Waals surface area contributed by atoms with Crippen LogP contribution in [0.2, 0.25) is 0 Å². The number of fused-ring (bicyclic) bond motifs is 1. The first kappa shape index (κ1) is 23.6. The van der Waals surface area contributed by atoms with Crippen molar-refractivity contribution in [3.8, 4) is 0 Å². The Kier molecular flexibility index (Phi) is 8.82. The van der Waals surface area contributed by atoms with Gasteiger partial charge in [-0.15, -0.1) is 0 Å². The van der Waals surface area contributed by atoms with Crippen molar-refractivity contribution in [2.24, 2.45) is 7.05 Å². The van der Waals surface area contributed by atoms with Crippen molar-refractivity contribution in [3.63, 3.8) is 0 Å². The minimum atomic E-state index is -1.37. The van der Waals surface area contributed by atoms with Crippen molar-refractivity contribution in [1.29, 1.82) is 0 Å². The summed E-state index contributed by atoms with van der Waals surface area (Å²) < 4.78 is 13.3. The highest BCUT2D eigenvalue weighted by atomic mass is 16.5. The minimum absolute atomic E-state index is 0.0847. The fraction of sp³-hybridized carbons (Fsp3) is 0.591.